The fourth-order valence-electron chi connectivity index (χ4n) is 1.27. The van der Waals surface area contributed by atoms with Crippen LogP contribution in [0.25, 0.3) is 0 Å². The number of aryl methyl sites for hydroxylation is 1. The van der Waals surface area contributed by atoms with Crippen molar-refractivity contribution in [2.75, 3.05) is 0 Å². The molecule has 0 N–H and O–H groups in total. The summed E-state index contributed by atoms with van der Waals surface area (Å²) in [6.45, 7) is 0.447. The van der Waals surface area contributed by atoms with Gasteiger partial charge in [-0.3, -0.25) is 9.48 Å². The summed E-state index contributed by atoms with van der Waals surface area (Å²) in [5.74, 6) is 1.12. The summed E-state index contributed by atoms with van der Waals surface area (Å²) in [6.07, 6.45) is 4.04. The first kappa shape index (κ1) is 7.34. The van der Waals surface area contributed by atoms with Gasteiger partial charge >= 0.3 is 0 Å². The quantitative estimate of drug-likeness (QED) is 0.625. The molecule has 0 aromatic carbocycles. The zero-order valence-electron chi connectivity index (χ0n) is 6.86. The van der Waals surface area contributed by atoms with Gasteiger partial charge in [-0.15, -0.1) is 0 Å². The number of aromatic nitrogens is 2. The predicted octanol–water partition coefficient (Wildman–Crippen LogP) is 0.833. The lowest BCUT2D eigenvalue weighted by atomic mass is 10.3. The fourth-order valence-corrected chi connectivity index (χ4v) is 1.27. The van der Waals surface area contributed by atoms with Crippen LogP contribution in [-0.4, -0.2) is 16.3 Å². The van der Waals surface area contributed by atoms with Gasteiger partial charge in [-0.25, -0.2) is 0 Å². The third kappa shape index (κ3) is 1.20. The molecule has 0 spiro atoms. The molecule has 0 bridgehead atoms. The van der Waals surface area contributed by atoms with Crippen LogP contribution in [0.1, 0.15) is 24.5 Å². The fraction of sp³-hybridized carbons (Fsp3) is 0.500. The van der Waals surface area contributed by atoms with E-state index in [0.29, 0.717) is 18.1 Å². The second kappa shape index (κ2) is 2.62. The molecule has 0 amide bonds. The maximum Gasteiger partial charge on any atom is 0.298 e. The standard InChI is InChI=1S/C8H10N2O2/c1-10-4-7(12-5-11)8(9-10)6-2-3-6/h4-6H,2-3H2,1H3. The minimum atomic E-state index is 0.447. The van der Waals surface area contributed by atoms with Crippen LogP contribution in [0.5, 0.6) is 5.75 Å². The van der Waals surface area contributed by atoms with Crippen LogP contribution in [0.2, 0.25) is 0 Å². The molecular formula is C8H10N2O2. The highest BCUT2D eigenvalue weighted by molar-refractivity contribution is 5.47. The molecule has 0 aliphatic heterocycles. The largest absolute Gasteiger partial charge is 0.425 e. The van der Waals surface area contributed by atoms with Crippen molar-refractivity contribution in [2.24, 2.45) is 7.05 Å². The lowest BCUT2D eigenvalue weighted by Gasteiger charge is -1.94. The highest BCUT2D eigenvalue weighted by Crippen LogP contribution is 2.43. The SMILES string of the molecule is Cn1cc(OC=O)c(C2CC2)n1. The van der Waals surface area contributed by atoms with Gasteiger partial charge in [0.2, 0.25) is 0 Å². The monoisotopic (exact) mass is 166 g/mol. The summed E-state index contributed by atoms with van der Waals surface area (Å²) in [7, 11) is 1.82. The Kier molecular flexibility index (Phi) is 1.60. The average Bonchev–Trinajstić information content (AvgIpc) is 2.79. The Labute approximate surface area is 70.1 Å². The predicted molar refractivity (Wildman–Crippen MR) is 41.9 cm³/mol. The van der Waals surface area contributed by atoms with Gasteiger partial charge in [-0.2, -0.15) is 5.10 Å². The van der Waals surface area contributed by atoms with E-state index in [1.54, 1.807) is 10.9 Å². The molecule has 2 rings (SSSR count). The molecule has 0 saturated heterocycles. The van der Waals surface area contributed by atoms with Crippen molar-refractivity contribution < 1.29 is 9.53 Å². The highest BCUT2D eigenvalue weighted by Gasteiger charge is 2.29. The number of carbonyl (C=O) groups is 1. The number of nitrogens with zero attached hydrogens (tertiary/aromatic N) is 2. The summed E-state index contributed by atoms with van der Waals surface area (Å²) >= 11 is 0. The molecule has 1 aromatic heterocycles. The molecule has 1 aliphatic rings. The summed E-state index contributed by atoms with van der Waals surface area (Å²) < 4.78 is 6.47. The molecule has 0 radical (unpaired) electrons. The molecule has 1 fully saturated rings. The molecule has 1 aromatic rings. The Morgan fingerprint density at radius 1 is 1.75 bits per heavy atom. The molecular weight excluding hydrogens is 156 g/mol. The van der Waals surface area contributed by atoms with Gasteiger partial charge in [0.25, 0.3) is 6.47 Å². The van der Waals surface area contributed by atoms with Crippen molar-refractivity contribution in [1.82, 2.24) is 9.78 Å². The molecule has 1 saturated carbocycles. The second-order valence-corrected chi connectivity index (χ2v) is 3.04. The zero-order valence-corrected chi connectivity index (χ0v) is 6.86. The minimum Gasteiger partial charge on any atom is -0.425 e. The van der Waals surface area contributed by atoms with Gasteiger partial charge in [0.05, 0.1) is 6.20 Å². The molecule has 4 nitrogen and oxygen atoms in total. The molecule has 64 valence electrons. The van der Waals surface area contributed by atoms with E-state index in [0.717, 1.165) is 18.5 Å². The van der Waals surface area contributed by atoms with E-state index in [1.807, 2.05) is 7.05 Å². The van der Waals surface area contributed by atoms with Gasteiger partial charge in [-0.1, -0.05) is 0 Å². The van der Waals surface area contributed by atoms with Crippen molar-refractivity contribution in [2.45, 2.75) is 18.8 Å². The number of rotatable bonds is 3. The topological polar surface area (TPSA) is 44.1 Å². The van der Waals surface area contributed by atoms with E-state index in [-0.39, 0.29) is 0 Å². The Morgan fingerprint density at radius 3 is 3.08 bits per heavy atom. The van der Waals surface area contributed by atoms with Crippen LogP contribution in [-0.2, 0) is 11.8 Å². The zero-order chi connectivity index (χ0) is 8.55. The number of hydrogen-bond acceptors (Lipinski definition) is 3. The molecule has 4 heteroatoms. The molecule has 1 heterocycles. The van der Waals surface area contributed by atoms with Crippen LogP contribution in [0, 0.1) is 0 Å². The van der Waals surface area contributed by atoms with E-state index in [4.69, 9.17) is 4.74 Å². The van der Waals surface area contributed by atoms with Gasteiger partial charge < -0.3 is 4.74 Å². The minimum absolute atomic E-state index is 0.447. The maximum absolute atomic E-state index is 10.1. The molecule has 12 heavy (non-hydrogen) atoms. The lowest BCUT2D eigenvalue weighted by molar-refractivity contribution is -0.120. The Hall–Kier alpha value is -1.32. The Balaban J connectivity index is 2.29. The lowest BCUT2D eigenvalue weighted by Crippen LogP contribution is -1.91. The van der Waals surface area contributed by atoms with Crippen LogP contribution in [0.4, 0.5) is 0 Å². The van der Waals surface area contributed by atoms with E-state index < -0.39 is 0 Å². The third-order valence-electron chi connectivity index (χ3n) is 1.96. The Bertz CT molecular complexity index is 302. The van der Waals surface area contributed by atoms with E-state index in [2.05, 4.69) is 5.10 Å². The van der Waals surface area contributed by atoms with Crippen LogP contribution in [0.15, 0.2) is 6.20 Å². The van der Waals surface area contributed by atoms with Crippen LogP contribution >= 0.6 is 0 Å². The maximum atomic E-state index is 10.1. The number of ether oxygens (including phenoxy) is 1. The molecule has 0 atom stereocenters. The van der Waals surface area contributed by atoms with Crippen molar-refractivity contribution in [3.8, 4) is 5.75 Å². The first-order chi connectivity index (χ1) is 5.81. The first-order valence-electron chi connectivity index (χ1n) is 3.95. The summed E-state index contributed by atoms with van der Waals surface area (Å²) in [4.78, 5) is 10.1. The van der Waals surface area contributed by atoms with Crippen molar-refractivity contribution in [1.29, 1.82) is 0 Å². The van der Waals surface area contributed by atoms with E-state index in [1.165, 1.54) is 0 Å². The molecule has 0 unspecified atom stereocenters. The van der Waals surface area contributed by atoms with Crippen LogP contribution in [0.3, 0.4) is 0 Å². The Morgan fingerprint density at radius 2 is 2.50 bits per heavy atom. The van der Waals surface area contributed by atoms with Crippen molar-refractivity contribution in [3.63, 3.8) is 0 Å². The summed E-state index contributed by atoms with van der Waals surface area (Å²) in [5.41, 5.74) is 0.921. The molecule has 1 aliphatic carbocycles. The van der Waals surface area contributed by atoms with Gasteiger partial charge in [0.15, 0.2) is 5.75 Å². The van der Waals surface area contributed by atoms with Gasteiger partial charge in [0, 0.05) is 13.0 Å². The summed E-state index contributed by atoms with van der Waals surface area (Å²) in [6, 6.07) is 0. The van der Waals surface area contributed by atoms with Gasteiger partial charge in [-0.05, 0) is 12.8 Å². The van der Waals surface area contributed by atoms with Gasteiger partial charge in [0.1, 0.15) is 5.69 Å². The van der Waals surface area contributed by atoms with Crippen molar-refractivity contribution in [3.05, 3.63) is 11.9 Å². The third-order valence-corrected chi connectivity index (χ3v) is 1.96. The second-order valence-electron chi connectivity index (χ2n) is 3.04. The van der Waals surface area contributed by atoms with Crippen molar-refractivity contribution >= 4 is 6.47 Å². The normalized spacial score (nSPS) is 16.1. The average molecular weight is 166 g/mol. The number of carbonyl (C=O) groups excluding carboxylic acids is 1. The summed E-state index contributed by atoms with van der Waals surface area (Å²) in [5, 5.41) is 4.22. The number of hydrogen-bond donors (Lipinski definition) is 0. The smallest absolute Gasteiger partial charge is 0.298 e. The van der Waals surface area contributed by atoms with Crippen LogP contribution < -0.4 is 4.74 Å². The van der Waals surface area contributed by atoms with E-state index >= 15 is 0 Å². The highest BCUT2D eigenvalue weighted by atomic mass is 16.5. The van der Waals surface area contributed by atoms with E-state index in [9.17, 15) is 4.79 Å². The first-order valence-corrected chi connectivity index (χ1v) is 3.95.